The summed E-state index contributed by atoms with van der Waals surface area (Å²) in [6.07, 6.45) is 3.54. The fourth-order valence-corrected chi connectivity index (χ4v) is 2.42. The fourth-order valence-electron chi connectivity index (χ4n) is 1.80. The Balaban J connectivity index is 2.74. The second-order valence-electron chi connectivity index (χ2n) is 4.19. The zero-order valence-corrected chi connectivity index (χ0v) is 12.8. The van der Waals surface area contributed by atoms with Crippen LogP contribution >= 0.6 is 0 Å². The Hall–Kier alpha value is -1.17. The molecule has 1 aromatic heterocycles. The molecule has 0 aliphatic carbocycles. The molecule has 0 fully saturated rings. The van der Waals surface area contributed by atoms with Crippen LogP contribution in [0, 0.1) is 0 Å². The van der Waals surface area contributed by atoms with Crippen LogP contribution in [0.5, 0.6) is 0 Å². The predicted molar refractivity (Wildman–Crippen MR) is 82.2 cm³/mol. The molecule has 0 amide bonds. The Kier molecular flexibility index (Phi) is 7.40. The van der Waals surface area contributed by atoms with E-state index in [1.807, 2.05) is 6.92 Å². The van der Waals surface area contributed by atoms with Gasteiger partial charge < -0.3 is 10.6 Å². The quantitative estimate of drug-likeness (QED) is 0.726. The van der Waals surface area contributed by atoms with Gasteiger partial charge in [-0.15, -0.1) is 0 Å². The molecule has 0 saturated heterocycles. The van der Waals surface area contributed by atoms with E-state index >= 15 is 0 Å². The third-order valence-electron chi connectivity index (χ3n) is 2.73. The van der Waals surface area contributed by atoms with Crippen molar-refractivity contribution in [2.45, 2.75) is 33.6 Å². The molecule has 1 unspecified atom stereocenters. The molecular formula is C13H24N4OS. The smallest absolute Gasteiger partial charge is 0.134 e. The zero-order valence-electron chi connectivity index (χ0n) is 12.0. The molecule has 0 aliphatic rings. The standard InChI is InChI=1S/C13H24N4OS/c1-4-7-11-12(14-5-2)16-10-17-13(11)15-8-9-19(18)6-3/h10H,4-9H2,1-3H3,(H2,14,15,16,17). The number of nitrogens with zero attached hydrogens (tertiary/aromatic N) is 2. The van der Waals surface area contributed by atoms with Gasteiger partial charge in [-0.3, -0.25) is 4.21 Å². The summed E-state index contributed by atoms with van der Waals surface area (Å²) in [7, 11) is -0.741. The van der Waals surface area contributed by atoms with Gasteiger partial charge in [0.1, 0.15) is 18.0 Å². The minimum Gasteiger partial charge on any atom is -0.370 e. The van der Waals surface area contributed by atoms with Crippen molar-refractivity contribution in [3.8, 4) is 0 Å². The van der Waals surface area contributed by atoms with E-state index in [1.165, 1.54) is 0 Å². The summed E-state index contributed by atoms with van der Waals surface area (Å²) in [4.78, 5) is 8.59. The van der Waals surface area contributed by atoms with E-state index in [2.05, 4.69) is 34.4 Å². The van der Waals surface area contributed by atoms with Gasteiger partial charge in [-0.05, 0) is 13.3 Å². The summed E-state index contributed by atoms with van der Waals surface area (Å²) in [6.45, 7) is 7.65. The lowest BCUT2D eigenvalue weighted by atomic mass is 10.1. The maximum atomic E-state index is 11.4. The van der Waals surface area contributed by atoms with Crippen molar-refractivity contribution in [2.24, 2.45) is 0 Å². The summed E-state index contributed by atoms with van der Waals surface area (Å²) in [5.74, 6) is 3.12. The zero-order chi connectivity index (χ0) is 14.1. The molecule has 1 atom stereocenters. The molecule has 0 aromatic carbocycles. The van der Waals surface area contributed by atoms with E-state index in [4.69, 9.17) is 0 Å². The topological polar surface area (TPSA) is 66.9 Å². The van der Waals surface area contributed by atoms with Gasteiger partial charge >= 0.3 is 0 Å². The summed E-state index contributed by atoms with van der Waals surface area (Å²) >= 11 is 0. The first-order valence-electron chi connectivity index (χ1n) is 6.89. The Morgan fingerprint density at radius 1 is 1.16 bits per heavy atom. The molecule has 6 heteroatoms. The SMILES string of the molecule is CCCc1c(NCC)ncnc1NCCS(=O)CC. The lowest BCUT2D eigenvalue weighted by molar-refractivity contribution is 0.684. The molecule has 1 heterocycles. The Bertz CT molecular complexity index is 412. The van der Waals surface area contributed by atoms with Crippen LogP contribution < -0.4 is 10.6 Å². The van der Waals surface area contributed by atoms with Gasteiger partial charge in [-0.25, -0.2) is 9.97 Å². The summed E-state index contributed by atoms with van der Waals surface area (Å²) in [5, 5.41) is 6.54. The largest absolute Gasteiger partial charge is 0.370 e. The van der Waals surface area contributed by atoms with E-state index in [0.717, 1.165) is 36.6 Å². The third-order valence-corrected chi connectivity index (χ3v) is 4.04. The molecule has 19 heavy (non-hydrogen) atoms. The molecule has 0 radical (unpaired) electrons. The van der Waals surface area contributed by atoms with Crippen LogP contribution in [0.3, 0.4) is 0 Å². The van der Waals surface area contributed by atoms with Crippen LogP contribution in [0.4, 0.5) is 11.6 Å². The maximum Gasteiger partial charge on any atom is 0.134 e. The number of aromatic nitrogens is 2. The molecule has 0 saturated carbocycles. The van der Waals surface area contributed by atoms with Gasteiger partial charge in [0.2, 0.25) is 0 Å². The van der Waals surface area contributed by atoms with E-state index in [-0.39, 0.29) is 0 Å². The average molecular weight is 284 g/mol. The van der Waals surface area contributed by atoms with E-state index < -0.39 is 10.8 Å². The van der Waals surface area contributed by atoms with Gasteiger partial charge in [0.25, 0.3) is 0 Å². The van der Waals surface area contributed by atoms with E-state index in [1.54, 1.807) is 6.33 Å². The van der Waals surface area contributed by atoms with Gasteiger partial charge in [0, 0.05) is 41.0 Å². The highest BCUT2D eigenvalue weighted by molar-refractivity contribution is 7.84. The second kappa shape index (κ2) is 8.85. The van der Waals surface area contributed by atoms with E-state index in [0.29, 0.717) is 18.1 Å². The Morgan fingerprint density at radius 2 is 1.84 bits per heavy atom. The van der Waals surface area contributed by atoms with Gasteiger partial charge in [-0.1, -0.05) is 20.3 Å². The highest BCUT2D eigenvalue weighted by Gasteiger charge is 2.10. The normalized spacial score (nSPS) is 12.2. The van der Waals surface area contributed by atoms with Gasteiger partial charge in [0.15, 0.2) is 0 Å². The maximum absolute atomic E-state index is 11.4. The van der Waals surface area contributed by atoms with Crippen molar-refractivity contribution in [1.82, 2.24) is 9.97 Å². The van der Waals surface area contributed by atoms with Crippen LogP contribution in [0.15, 0.2) is 6.33 Å². The summed E-state index contributed by atoms with van der Waals surface area (Å²) in [6, 6.07) is 0. The predicted octanol–water partition coefficient (Wildman–Crippen LogP) is 2.04. The molecule has 5 nitrogen and oxygen atoms in total. The monoisotopic (exact) mass is 284 g/mol. The number of hydrogen-bond acceptors (Lipinski definition) is 5. The lowest BCUT2D eigenvalue weighted by Gasteiger charge is -2.14. The van der Waals surface area contributed by atoms with Crippen LogP contribution in [0.2, 0.25) is 0 Å². The van der Waals surface area contributed by atoms with Crippen molar-refractivity contribution < 1.29 is 4.21 Å². The first-order chi connectivity index (χ1) is 9.22. The molecule has 0 spiro atoms. The molecule has 1 rings (SSSR count). The highest BCUT2D eigenvalue weighted by atomic mass is 32.2. The first-order valence-corrected chi connectivity index (χ1v) is 8.38. The van der Waals surface area contributed by atoms with Crippen molar-refractivity contribution in [3.63, 3.8) is 0 Å². The van der Waals surface area contributed by atoms with E-state index in [9.17, 15) is 4.21 Å². The van der Waals surface area contributed by atoms with Crippen molar-refractivity contribution in [1.29, 1.82) is 0 Å². The minimum atomic E-state index is -0.741. The molecule has 108 valence electrons. The minimum absolute atomic E-state index is 0.655. The molecule has 0 bridgehead atoms. The van der Waals surface area contributed by atoms with Crippen LogP contribution in [-0.2, 0) is 17.2 Å². The fraction of sp³-hybridized carbons (Fsp3) is 0.692. The Labute approximate surface area is 118 Å². The van der Waals surface area contributed by atoms with Gasteiger partial charge in [0.05, 0.1) is 0 Å². The lowest BCUT2D eigenvalue weighted by Crippen LogP contribution is -2.15. The van der Waals surface area contributed by atoms with Crippen molar-refractivity contribution in [2.75, 3.05) is 35.2 Å². The molecule has 2 N–H and O–H groups in total. The molecule has 0 aliphatic heterocycles. The summed E-state index contributed by atoms with van der Waals surface area (Å²) < 4.78 is 11.4. The van der Waals surface area contributed by atoms with Crippen molar-refractivity contribution in [3.05, 3.63) is 11.9 Å². The number of rotatable bonds is 9. The van der Waals surface area contributed by atoms with Crippen LogP contribution in [-0.4, -0.2) is 38.8 Å². The third kappa shape index (κ3) is 5.14. The summed E-state index contributed by atoms with van der Waals surface area (Å²) in [5.41, 5.74) is 1.12. The number of anilines is 2. The Morgan fingerprint density at radius 3 is 2.42 bits per heavy atom. The average Bonchev–Trinajstić information content (AvgIpc) is 2.42. The highest BCUT2D eigenvalue weighted by Crippen LogP contribution is 2.21. The van der Waals surface area contributed by atoms with Gasteiger partial charge in [-0.2, -0.15) is 0 Å². The first kappa shape index (κ1) is 15.9. The second-order valence-corrected chi connectivity index (χ2v) is 6.05. The molecule has 1 aromatic rings. The van der Waals surface area contributed by atoms with Crippen molar-refractivity contribution >= 4 is 22.4 Å². The molecular weight excluding hydrogens is 260 g/mol. The van der Waals surface area contributed by atoms with Crippen LogP contribution in [0.25, 0.3) is 0 Å². The number of nitrogens with one attached hydrogen (secondary N) is 2. The van der Waals surface area contributed by atoms with Crippen LogP contribution in [0.1, 0.15) is 32.8 Å². The number of hydrogen-bond donors (Lipinski definition) is 2.